The normalized spacial score (nSPS) is 12.7. The first-order valence-electron chi connectivity index (χ1n) is 19.9. The number of anilines is 4. The van der Waals surface area contributed by atoms with Crippen LogP contribution in [0.1, 0.15) is 0 Å². The molecule has 8 bridgehead atoms. The summed E-state index contributed by atoms with van der Waals surface area (Å²) in [4.78, 5) is 43.2. The lowest BCUT2D eigenvalue weighted by Crippen LogP contribution is -2.14. The molecule has 9 N–H and O–H groups in total. The third kappa shape index (κ3) is 8.05. The highest BCUT2D eigenvalue weighted by atomic mass is 35.5. The first-order chi connectivity index (χ1) is 33.6. The molecule has 356 valence electrons. The van der Waals surface area contributed by atoms with Gasteiger partial charge in [0.15, 0.2) is 23.3 Å². The van der Waals surface area contributed by atoms with Crippen LogP contribution in [0, 0.1) is 0 Å². The van der Waals surface area contributed by atoms with Crippen LogP contribution in [0.5, 0.6) is 0 Å². The van der Waals surface area contributed by atoms with Crippen molar-refractivity contribution in [3.05, 3.63) is 102 Å². The van der Waals surface area contributed by atoms with Gasteiger partial charge in [-0.25, -0.2) is 38.3 Å². The Morgan fingerprint density at radius 3 is 1.70 bits per heavy atom. The maximum absolute atomic E-state index is 14.7. The number of aromatic nitrogens is 11. The van der Waals surface area contributed by atoms with Gasteiger partial charge in [-0.05, 0) is 66.2 Å². The zero-order chi connectivity index (χ0) is 49.9. The summed E-state index contributed by atoms with van der Waals surface area (Å²) in [6.45, 7) is 0. The van der Waals surface area contributed by atoms with Crippen molar-refractivity contribution in [3.8, 4) is 45.6 Å². The van der Waals surface area contributed by atoms with Gasteiger partial charge in [0.05, 0.1) is 26.6 Å². The van der Waals surface area contributed by atoms with Crippen LogP contribution in [0.25, 0.3) is 89.7 Å². The predicted octanol–water partition coefficient (Wildman–Crippen LogP) is 5.57. The summed E-state index contributed by atoms with van der Waals surface area (Å²) in [6, 6.07) is 21.2. The highest BCUT2D eigenvalue weighted by Gasteiger charge is 2.32. The molecule has 0 atom stereocenters. The van der Waals surface area contributed by atoms with Crippen LogP contribution in [0.4, 0.5) is 23.3 Å². The van der Waals surface area contributed by atoms with Gasteiger partial charge in [-0.15, -0.1) is 0 Å². The number of sulfonamides is 1. The molecule has 6 heterocycles. The Kier molecular flexibility index (Phi) is 10.2. The molecule has 71 heavy (non-hydrogen) atoms. The van der Waals surface area contributed by atoms with E-state index in [1.165, 1.54) is 66.7 Å². The van der Waals surface area contributed by atoms with Crippen molar-refractivity contribution in [2.45, 2.75) is 19.6 Å². The standard InChI is InChI=1S/C41H25ClN14O11S4/c42-39-53-40(43)55-41(54-39)44-17-5-1-6-18(15-17)56-68(57,58)25-10-2-7-21-28(25)36-48-32(21)47-35-24-16-19(69(59,60)61)13-14-20(24)31(46-35)45-33-22-8-3-11-26(70(62,63)64)29(22)37(49-33)50-34-23-9-4-12-27(71(65,66)67)30(23)38(51-34)52-36/h1-16,56H,(H,59,60,61)(H,62,63,64)(H,65,66,67)(H3,43,44,53,54,55)(H2,45,46,47,48,49,50,51,52). The highest BCUT2D eigenvalue weighted by molar-refractivity contribution is 7.93. The van der Waals surface area contributed by atoms with E-state index in [-0.39, 0.29) is 107 Å². The van der Waals surface area contributed by atoms with Crippen molar-refractivity contribution >= 4 is 119 Å². The highest BCUT2D eigenvalue weighted by Crippen LogP contribution is 2.42. The molecule has 0 saturated carbocycles. The maximum atomic E-state index is 14.7. The summed E-state index contributed by atoms with van der Waals surface area (Å²) in [5.74, 6) is -1.36. The van der Waals surface area contributed by atoms with Gasteiger partial charge >= 0.3 is 0 Å². The van der Waals surface area contributed by atoms with Crippen LogP contribution >= 0.6 is 11.6 Å². The van der Waals surface area contributed by atoms with Crippen LogP contribution in [0.2, 0.25) is 5.28 Å². The number of fused-ring (bicyclic) bond motifs is 20. The van der Waals surface area contributed by atoms with E-state index in [9.17, 15) is 47.3 Å². The average molecular weight is 1050 g/mol. The molecule has 0 spiro atoms. The predicted molar refractivity (Wildman–Crippen MR) is 255 cm³/mol. The van der Waals surface area contributed by atoms with E-state index >= 15 is 0 Å². The summed E-state index contributed by atoms with van der Waals surface area (Å²) in [5, 5.41) is 2.62. The monoisotopic (exact) mass is 1050 g/mol. The molecule has 9 aromatic rings. The van der Waals surface area contributed by atoms with Gasteiger partial charge in [0.2, 0.25) is 17.2 Å². The van der Waals surface area contributed by atoms with E-state index in [0.29, 0.717) is 5.69 Å². The lowest BCUT2D eigenvalue weighted by molar-refractivity contribution is 0.481. The van der Waals surface area contributed by atoms with Crippen LogP contribution in [-0.4, -0.2) is 102 Å². The second-order valence-electron chi connectivity index (χ2n) is 15.4. The molecule has 0 aliphatic carbocycles. The minimum absolute atomic E-state index is 0.0118. The van der Waals surface area contributed by atoms with Gasteiger partial charge in [-0.2, -0.15) is 40.2 Å². The third-order valence-electron chi connectivity index (χ3n) is 10.9. The fourth-order valence-corrected chi connectivity index (χ4v) is 11.4. The number of hydrogen-bond acceptors (Lipinski definition) is 19. The topological polar surface area (TPSA) is 395 Å². The molecule has 0 radical (unpaired) electrons. The Hall–Kier alpha value is -8.16. The van der Waals surface area contributed by atoms with Crippen LogP contribution in [-0.2, 0) is 40.4 Å². The molecule has 4 aromatic heterocycles. The van der Waals surface area contributed by atoms with Gasteiger partial charge < -0.3 is 21.0 Å². The number of aromatic amines is 2. The molecule has 5 aromatic carbocycles. The molecule has 0 unspecified atom stereocenters. The number of nitrogens with zero attached hydrogens (tertiary/aromatic N) is 9. The second-order valence-corrected chi connectivity index (χ2v) is 21.6. The van der Waals surface area contributed by atoms with Crippen molar-refractivity contribution in [3.63, 3.8) is 0 Å². The number of nitrogens with two attached hydrogens (primary N) is 1. The number of rotatable bonds is 8. The first kappa shape index (κ1) is 45.3. The number of halogens is 1. The fourth-order valence-electron chi connectivity index (χ4n) is 8.06. The summed E-state index contributed by atoms with van der Waals surface area (Å²) in [6.07, 6.45) is 0. The van der Waals surface area contributed by atoms with Crippen molar-refractivity contribution in [2.75, 3.05) is 15.8 Å². The summed E-state index contributed by atoms with van der Waals surface area (Å²) in [5.41, 5.74) is 4.99. The smallest absolute Gasteiger partial charge is 0.295 e. The second kappa shape index (κ2) is 15.9. The molecule has 0 amide bonds. The van der Waals surface area contributed by atoms with E-state index in [0.717, 1.165) is 24.3 Å². The lowest BCUT2D eigenvalue weighted by Gasteiger charge is -2.13. The quantitative estimate of drug-likeness (QED) is 0.0861. The Balaban J connectivity index is 1.22. The Morgan fingerprint density at radius 1 is 0.493 bits per heavy atom. The summed E-state index contributed by atoms with van der Waals surface area (Å²) < 4.78 is 139. The van der Waals surface area contributed by atoms with Gasteiger partial charge in [-0.1, -0.05) is 42.5 Å². The number of nitrogen functional groups attached to an aromatic ring is 1. The van der Waals surface area contributed by atoms with Crippen molar-refractivity contribution in [1.29, 1.82) is 0 Å². The zero-order valence-electron chi connectivity index (χ0n) is 35.0. The summed E-state index contributed by atoms with van der Waals surface area (Å²) >= 11 is 5.93. The Labute approximate surface area is 402 Å². The van der Waals surface area contributed by atoms with Crippen LogP contribution in [0.15, 0.2) is 117 Å². The molecule has 2 aliphatic rings. The number of benzene rings is 5. The molecular formula is C41H25ClN14O11S4. The van der Waals surface area contributed by atoms with Crippen LogP contribution < -0.4 is 15.8 Å². The molecule has 25 nitrogen and oxygen atoms in total. The number of H-pyrrole nitrogens is 2. The van der Waals surface area contributed by atoms with E-state index in [1.807, 2.05) is 0 Å². The first-order valence-corrected chi connectivity index (χ1v) is 26.1. The molecule has 0 fully saturated rings. The molecule has 30 heteroatoms. The van der Waals surface area contributed by atoms with Gasteiger partial charge in [0.1, 0.15) is 32.4 Å². The number of hydrogen-bond donors (Lipinski definition) is 8. The zero-order valence-corrected chi connectivity index (χ0v) is 39.0. The summed E-state index contributed by atoms with van der Waals surface area (Å²) in [7, 11) is -19.5. The van der Waals surface area contributed by atoms with Crippen molar-refractivity contribution < 1.29 is 47.3 Å². The molecular weight excluding hydrogens is 1030 g/mol. The maximum Gasteiger partial charge on any atom is 0.295 e. The lowest BCUT2D eigenvalue weighted by atomic mass is 10.1. The minimum atomic E-state index is -5.06. The minimum Gasteiger partial charge on any atom is -0.368 e. The molecule has 0 saturated heterocycles. The van der Waals surface area contributed by atoms with Gasteiger partial charge in [0.25, 0.3) is 40.4 Å². The SMILES string of the molecule is Nc1nc(Cl)nc(Nc2cccc(NS(=O)(=O)c3cccc4c3-c3nc-4nc4[nH]c(nc5nc(nc6[nH]c(n3)c3c(S(=O)(=O)O)cccc63)-c3c-5cccc3S(=O)(=O)O)c3ccc(S(=O)(=O)O)cc43)c2)n1. The molecule has 2 aliphatic heterocycles. The van der Waals surface area contributed by atoms with Gasteiger partial charge in [0, 0.05) is 38.4 Å². The average Bonchev–Trinajstić information content (AvgIpc) is 4.03. The van der Waals surface area contributed by atoms with Gasteiger partial charge in [-0.3, -0.25) is 18.4 Å². The Bertz CT molecular complexity index is 4500. The van der Waals surface area contributed by atoms with E-state index in [1.54, 1.807) is 6.07 Å². The van der Waals surface area contributed by atoms with E-state index in [2.05, 4.69) is 59.9 Å². The van der Waals surface area contributed by atoms with Crippen molar-refractivity contribution in [2.24, 2.45) is 0 Å². The van der Waals surface area contributed by atoms with E-state index < -0.39 is 65.8 Å². The van der Waals surface area contributed by atoms with E-state index in [4.69, 9.17) is 22.3 Å². The fraction of sp³-hybridized carbons (Fsp3) is 0. The largest absolute Gasteiger partial charge is 0.368 e. The molecule has 11 rings (SSSR count). The van der Waals surface area contributed by atoms with Crippen molar-refractivity contribution in [1.82, 2.24) is 54.8 Å². The number of nitrogens with one attached hydrogen (secondary N) is 4. The Morgan fingerprint density at radius 2 is 1.04 bits per heavy atom. The third-order valence-corrected chi connectivity index (χ3v) is 15.1. The van der Waals surface area contributed by atoms with Crippen LogP contribution in [0.3, 0.4) is 0 Å².